The van der Waals surface area contributed by atoms with Crippen LogP contribution in [0.5, 0.6) is 0 Å². The number of carbonyl (C=O) groups excluding carboxylic acids is 3. The van der Waals surface area contributed by atoms with E-state index >= 15 is 0 Å². The molecule has 1 aliphatic heterocycles. The number of para-hydroxylation sites is 1. The summed E-state index contributed by atoms with van der Waals surface area (Å²) in [6.07, 6.45) is 1.97. The number of likely N-dealkylation sites (tertiary alicyclic amines) is 1. The predicted molar refractivity (Wildman–Crippen MR) is 109 cm³/mol. The normalized spacial score (nSPS) is 17.6. The second-order valence-corrected chi connectivity index (χ2v) is 8.01. The minimum Gasteiger partial charge on any atom is -0.469 e. The van der Waals surface area contributed by atoms with E-state index in [1.807, 2.05) is 24.3 Å². The van der Waals surface area contributed by atoms with Gasteiger partial charge in [0, 0.05) is 25.4 Å². The van der Waals surface area contributed by atoms with Gasteiger partial charge in [-0.3, -0.25) is 4.79 Å². The van der Waals surface area contributed by atoms with Gasteiger partial charge in [-0.15, -0.1) is 11.3 Å². The smallest absolute Gasteiger partial charge is 0.328 e. The zero-order valence-electron chi connectivity index (χ0n) is 16.6. The Hall–Kier alpha value is -2.68. The molecule has 0 bridgehead atoms. The number of carbonyl (C=O) groups is 3. The minimum atomic E-state index is -0.894. The maximum absolute atomic E-state index is 12.8. The number of rotatable bonds is 6. The van der Waals surface area contributed by atoms with Gasteiger partial charge < -0.3 is 19.7 Å². The highest BCUT2D eigenvalue weighted by atomic mass is 32.1. The molecule has 3 rings (SSSR count). The molecule has 0 spiro atoms. The highest BCUT2D eigenvalue weighted by Crippen LogP contribution is 2.32. The maximum atomic E-state index is 12.8. The average molecular weight is 420 g/mol. The van der Waals surface area contributed by atoms with Crippen LogP contribution >= 0.6 is 11.3 Å². The first-order valence-corrected chi connectivity index (χ1v) is 10.4. The van der Waals surface area contributed by atoms with E-state index in [4.69, 9.17) is 9.72 Å². The molecule has 0 radical (unpaired) electrons. The number of fused-ring (bicyclic) bond motifs is 1. The Kier molecular flexibility index (Phi) is 7.03. The summed E-state index contributed by atoms with van der Waals surface area (Å²) in [5, 5.41) is 3.73. The van der Waals surface area contributed by atoms with Gasteiger partial charge in [0.15, 0.2) is 0 Å². The highest BCUT2D eigenvalue weighted by Gasteiger charge is 2.30. The monoisotopic (exact) mass is 419 g/mol. The third-order valence-corrected chi connectivity index (χ3v) is 6.22. The van der Waals surface area contributed by atoms with Crippen LogP contribution in [0.3, 0.4) is 0 Å². The molecule has 1 saturated heterocycles. The van der Waals surface area contributed by atoms with E-state index in [0.717, 1.165) is 28.1 Å². The van der Waals surface area contributed by atoms with Gasteiger partial charge in [-0.05, 0) is 31.4 Å². The van der Waals surface area contributed by atoms with Crippen molar-refractivity contribution in [1.29, 1.82) is 0 Å². The lowest BCUT2D eigenvalue weighted by molar-refractivity contribution is -0.144. The van der Waals surface area contributed by atoms with E-state index < -0.39 is 18.0 Å². The van der Waals surface area contributed by atoms with Crippen molar-refractivity contribution < 1.29 is 23.9 Å². The van der Waals surface area contributed by atoms with E-state index in [-0.39, 0.29) is 24.8 Å². The van der Waals surface area contributed by atoms with Gasteiger partial charge in [0.2, 0.25) is 0 Å². The number of nitrogens with zero attached hydrogens (tertiary/aromatic N) is 2. The van der Waals surface area contributed by atoms with Gasteiger partial charge >= 0.3 is 18.0 Å². The van der Waals surface area contributed by atoms with Gasteiger partial charge in [0.05, 0.1) is 29.4 Å². The molecule has 0 unspecified atom stereocenters. The number of benzene rings is 1. The Labute approximate surface area is 173 Å². The van der Waals surface area contributed by atoms with Gasteiger partial charge in [0.1, 0.15) is 6.04 Å². The first-order chi connectivity index (χ1) is 14.0. The van der Waals surface area contributed by atoms with Crippen LogP contribution in [0.1, 0.15) is 36.6 Å². The van der Waals surface area contributed by atoms with Gasteiger partial charge in [-0.1, -0.05) is 12.1 Å². The summed E-state index contributed by atoms with van der Waals surface area (Å²) in [6, 6.07) is 6.77. The largest absolute Gasteiger partial charge is 0.469 e. The van der Waals surface area contributed by atoms with Crippen LogP contribution in [0.2, 0.25) is 0 Å². The number of methoxy groups -OCH3 is 2. The van der Waals surface area contributed by atoms with Gasteiger partial charge in [0.25, 0.3) is 0 Å². The second kappa shape index (κ2) is 9.69. The zero-order valence-corrected chi connectivity index (χ0v) is 17.4. The molecule has 1 N–H and O–H groups in total. The Morgan fingerprint density at radius 2 is 2.07 bits per heavy atom. The summed E-state index contributed by atoms with van der Waals surface area (Å²) in [6.45, 7) is 1.15. The Bertz CT molecular complexity index is 851. The van der Waals surface area contributed by atoms with E-state index in [1.54, 1.807) is 16.2 Å². The van der Waals surface area contributed by atoms with Crippen molar-refractivity contribution in [2.75, 3.05) is 27.3 Å². The van der Waals surface area contributed by atoms with E-state index in [1.165, 1.54) is 14.2 Å². The van der Waals surface area contributed by atoms with Crippen molar-refractivity contribution in [3.63, 3.8) is 0 Å². The molecule has 2 amide bonds. The van der Waals surface area contributed by atoms with E-state index in [9.17, 15) is 14.4 Å². The van der Waals surface area contributed by atoms with Gasteiger partial charge in [-0.25, -0.2) is 14.6 Å². The van der Waals surface area contributed by atoms with E-state index in [2.05, 4.69) is 10.1 Å². The topological polar surface area (TPSA) is 97.8 Å². The van der Waals surface area contributed by atoms with Crippen molar-refractivity contribution >= 4 is 39.5 Å². The van der Waals surface area contributed by atoms with Gasteiger partial charge in [-0.2, -0.15) is 0 Å². The molecule has 156 valence electrons. The average Bonchev–Trinajstić information content (AvgIpc) is 3.20. The first-order valence-electron chi connectivity index (χ1n) is 9.57. The molecule has 1 aromatic heterocycles. The first kappa shape index (κ1) is 21.0. The number of thiazole rings is 1. The summed E-state index contributed by atoms with van der Waals surface area (Å²) in [5.41, 5.74) is 0.975. The molecule has 8 nitrogen and oxygen atoms in total. The number of piperidine rings is 1. The predicted octanol–water partition coefficient (Wildman–Crippen LogP) is 2.68. The molecular weight excluding hydrogens is 394 g/mol. The van der Waals surface area contributed by atoms with Crippen LogP contribution in [0.15, 0.2) is 24.3 Å². The zero-order chi connectivity index (χ0) is 20.8. The van der Waals surface area contributed by atoms with Crippen molar-refractivity contribution in [1.82, 2.24) is 15.2 Å². The number of aromatic nitrogens is 1. The number of ether oxygens (including phenoxy) is 2. The second-order valence-electron chi connectivity index (χ2n) is 6.95. The van der Waals surface area contributed by atoms with Crippen molar-refractivity contribution in [3.8, 4) is 0 Å². The fourth-order valence-corrected chi connectivity index (χ4v) is 4.52. The molecule has 0 aliphatic carbocycles. The molecule has 9 heteroatoms. The van der Waals surface area contributed by atoms with Crippen LogP contribution < -0.4 is 5.32 Å². The lowest BCUT2D eigenvalue weighted by atomic mass is 9.99. The number of amides is 2. The third-order valence-electron chi connectivity index (χ3n) is 5.02. The number of urea groups is 1. The highest BCUT2D eigenvalue weighted by molar-refractivity contribution is 7.18. The number of hydrogen-bond donors (Lipinski definition) is 1. The van der Waals surface area contributed by atoms with Crippen LogP contribution in [0, 0.1) is 0 Å². The lowest BCUT2D eigenvalue weighted by Crippen LogP contribution is -2.50. The fourth-order valence-electron chi connectivity index (χ4n) is 3.42. The molecule has 1 aliphatic rings. The van der Waals surface area contributed by atoms with E-state index in [0.29, 0.717) is 13.1 Å². The fraction of sp³-hybridized carbons (Fsp3) is 0.500. The quantitative estimate of drug-likeness (QED) is 0.723. The summed E-state index contributed by atoms with van der Waals surface area (Å²) >= 11 is 1.66. The SMILES string of the molecule is COC(=O)CC[C@H](NC(=O)N1CCC[C@H](c2nc3ccccc3s2)C1)C(=O)OC. The molecule has 2 heterocycles. The Morgan fingerprint density at radius 1 is 1.28 bits per heavy atom. The molecule has 0 saturated carbocycles. The van der Waals surface area contributed by atoms with Crippen LogP contribution in [0.4, 0.5) is 4.79 Å². The molecule has 1 aromatic carbocycles. The number of nitrogens with one attached hydrogen (secondary N) is 1. The summed E-state index contributed by atoms with van der Waals surface area (Å²) in [7, 11) is 2.54. The molecule has 2 atom stereocenters. The minimum absolute atomic E-state index is 0.0187. The number of hydrogen-bond acceptors (Lipinski definition) is 7. The third kappa shape index (κ3) is 5.23. The number of esters is 2. The Morgan fingerprint density at radius 3 is 2.79 bits per heavy atom. The van der Waals surface area contributed by atoms with Crippen molar-refractivity contribution in [2.24, 2.45) is 0 Å². The van der Waals surface area contributed by atoms with Crippen molar-refractivity contribution in [3.05, 3.63) is 29.3 Å². The van der Waals surface area contributed by atoms with Crippen LogP contribution in [0.25, 0.3) is 10.2 Å². The molecule has 29 heavy (non-hydrogen) atoms. The summed E-state index contributed by atoms with van der Waals surface area (Å²) < 4.78 is 10.5. The summed E-state index contributed by atoms with van der Waals surface area (Å²) in [4.78, 5) is 42.6. The van der Waals surface area contributed by atoms with Crippen molar-refractivity contribution in [2.45, 2.75) is 37.6 Å². The molecular formula is C20H25N3O5S. The summed E-state index contributed by atoms with van der Waals surface area (Å²) in [5.74, 6) is -0.859. The molecule has 1 fully saturated rings. The van der Waals surface area contributed by atoms with Crippen LogP contribution in [-0.2, 0) is 19.1 Å². The molecule has 2 aromatic rings. The maximum Gasteiger partial charge on any atom is 0.328 e. The van der Waals surface area contributed by atoms with Crippen LogP contribution in [-0.4, -0.2) is 61.2 Å². The lowest BCUT2D eigenvalue weighted by Gasteiger charge is -2.32. The standard InChI is InChI=1S/C20H25N3O5S/c1-27-17(24)10-9-15(19(25)28-2)22-20(26)23-11-5-6-13(12-23)18-21-14-7-3-4-8-16(14)29-18/h3-4,7-8,13,15H,5-6,9-12H2,1-2H3,(H,22,26)/t13-,15-/m0/s1. The Balaban J connectivity index is 1.64.